The molecule has 0 spiro atoms. The van der Waals surface area contributed by atoms with Crippen molar-refractivity contribution in [2.24, 2.45) is 10.8 Å². The molecule has 22 heavy (non-hydrogen) atoms. The molecule has 0 atom stereocenters. The van der Waals surface area contributed by atoms with E-state index in [0.29, 0.717) is 29.7 Å². The number of hydrogen-bond donors (Lipinski definition) is 2. The highest BCUT2D eigenvalue weighted by molar-refractivity contribution is 5.76. The first-order chi connectivity index (χ1) is 10.2. The number of carbonyl (C=O) groups excluding carboxylic acids is 1. The molecule has 2 rings (SSSR count). The van der Waals surface area contributed by atoms with Crippen molar-refractivity contribution >= 4 is 11.6 Å². The Hall–Kier alpha value is -1.51. The first-order valence-corrected chi connectivity index (χ1v) is 8.30. The second-order valence-corrected chi connectivity index (χ2v) is 8.38. The van der Waals surface area contributed by atoms with Crippen molar-refractivity contribution < 1.29 is 4.79 Å². The molecule has 0 aromatic heterocycles. The molecule has 0 bridgehead atoms. The van der Waals surface area contributed by atoms with Crippen LogP contribution in [-0.4, -0.2) is 11.9 Å². The quantitative estimate of drug-likeness (QED) is 0.828. The van der Waals surface area contributed by atoms with E-state index in [1.54, 1.807) is 0 Å². The van der Waals surface area contributed by atoms with Crippen LogP contribution in [0.3, 0.4) is 0 Å². The number of amides is 1. The molecule has 1 aromatic carbocycles. The molecule has 1 aliphatic carbocycles. The number of anilines is 1. The number of aryl methyl sites for hydroxylation is 1. The number of para-hydroxylation sites is 1. The molecule has 1 aromatic rings. The van der Waals surface area contributed by atoms with Gasteiger partial charge in [0.05, 0.1) is 0 Å². The molecule has 0 aliphatic heterocycles. The normalized spacial score (nSPS) is 20.5. The highest BCUT2D eigenvalue weighted by Gasteiger charge is 2.38. The van der Waals surface area contributed by atoms with Gasteiger partial charge in [0.25, 0.3) is 0 Å². The third-order valence-corrected chi connectivity index (χ3v) is 4.60. The zero-order valence-corrected chi connectivity index (χ0v) is 14.4. The van der Waals surface area contributed by atoms with Crippen LogP contribution in [0.4, 0.5) is 5.69 Å². The Balaban J connectivity index is 1.88. The van der Waals surface area contributed by atoms with Crippen LogP contribution in [0.1, 0.15) is 58.9 Å². The number of rotatable bonds is 4. The van der Waals surface area contributed by atoms with E-state index in [1.807, 2.05) is 24.3 Å². The van der Waals surface area contributed by atoms with E-state index in [1.165, 1.54) is 6.42 Å². The van der Waals surface area contributed by atoms with Crippen molar-refractivity contribution in [1.82, 2.24) is 5.32 Å². The van der Waals surface area contributed by atoms with E-state index in [-0.39, 0.29) is 5.91 Å². The number of nitrogens with two attached hydrogens (primary N) is 1. The average Bonchev–Trinajstić information content (AvgIpc) is 2.33. The van der Waals surface area contributed by atoms with Crippen LogP contribution in [0.15, 0.2) is 24.3 Å². The van der Waals surface area contributed by atoms with E-state index < -0.39 is 0 Å². The van der Waals surface area contributed by atoms with Gasteiger partial charge in [-0.2, -0.15) is 0 Å². The fourth-order valence-corrected chi connectivity index (χ4v) is 4.26. The lowest BCUT2D eigenvalue weighted by Gasteiger charge is -2.45. The number of carbonyl (C=O) groups is 1. The lowest BCUT2D eigenvalue weighted by Crippen LogP contribution is -2.46. The molecular weight excluding hydrogens is 272 g/mol. The van der Waals surface area contributed by atoms with Crippen LogP contribution in [0.2, 0.25) is 0 Å². The van der Waals surface area contributed by atoms with E-state index in [4.69, 9.17) is 5.73 Å². The summed E-state index contributed by atoms with van der Waals surface area (Å²) in [5.74, 6) is 0.141. The van der Waals surface area contributed by atoms with Gasteiger partial charge in [-0.3, -0.25) is 4.79 Å². The molecule has 1 amide bonds. The van der Waals surface area contributed by atoms with Crippen LogP contribution in [-0.2, 0) is 11.2 Å². The minimum Gasteiger partial charge on any atom is -0.399 e. The smallest absolute Gasteiger partial charge is 0.220 e. The summed E-state index contributed by atoms with van der Waals surface area (Å²) in [6.45, 7) is 9.21. The molecule has 3 nitrogen and oxygen atoms in total. The number of benzene rings is 1. The largest absolute Gasteiger partial charge is 0.399 e. The Morgan fingerprint density at radius 2 is 1.77 bits per heavy atom. The van der Waals surface area contributed by atoms with Gasteiger partial charge in [-0.15, -0.1) is 0 Å². The second-order valence-electron chi connectivity index (χ2n) is 8.38. The summed E-state index contributed by atoms with van der Waals surface area (Å²) in [4.78, 5) is 12.3. The van der Waals surface area contributed by atoms with Crippen LogP contribution >= 0.6 is 0 Å². The first kappa shape index (κ1) is 16.9. The van der Waals surface area contributed by atoms with Crippen molar-refractivity contribution in [1.29, 1.82) is 0 Å². The maximum atomic E-state index is 12.3. The third-order valence-electron chi connectivity index (χ3n) is 4.60. The van der Waals surface area contributed by atoms with Crippen molar-refractivity contribution in [2.45, 2.75) is 65.8 Å². The predicted molar refractivity (Wildman–Crippen MR) is 92.5 cm³/mol. The Kier molecular flexibility index (Phi) is 4.84. The molecule has 3 N–H and O–H groups in total. The van der Waals surface area contributed by atoms with Gasteiger partial charge in [0.15, 0.2) is 0 Å². The third kappa shape index (κ3) is 4.75. The Morgan fingerprint density at radius 3 is 2.36 bits per heavy atom. The lowest BCUT2D eigenvalue weighted by atomic mass is 9.63. The van der Waals surface area contributed by atoms with Gasteiger partial charge in [-0.05, 0) is 48.1 Å². The Morgan fingerprint density at radius 1 is 1.18 bits per heavy atom. The number of hydrogen-bond acceptors (Lipinski definition) is 2. The van der Waals surface area contributed by atoms with Crippen LogP contribution < -0.4 is 11.1 Å². The van der Waals surface area contributed by atoms with Crippen LogP contribution in [0, 0.1) is 10.8 Å². The zero-order valence-electron chi connectivity index (χ0n) is 14.4. The minimum atomic E-state index is 0.141. The predicted octanol–water partition coefficient (Wildman–Crippen LogP) is 3.92. The summed E-state index contributed by atoms with van der Waals surface area (Å²) in [7, 11) is 0. The topological polar surface area (TPSA) is 55.1 Å². The van der Waals surface area contributed by atoms with Gasteiger partial charge in [-0.25, -0.2) is 0 Å². The molecule has 122 valence electrons. The molecule has 0 unspecified atom stereocenters. The second kappa shape index (κ2) is 6.31. The summed E-state index contributed by atoms with van der Waals surface area (Å²) < 4.78 is 0. The molecule has 0 heterocycles. The minimum absolute atomic E-state index is 0.141. The fourth-order valence-electron chi connectivity index (χ4n) is 4.26. The summed E-state index contributed by atoms with van der Waals surface area (Å²) in [6.07, 6.45) is 4.56. The zero-order chi connectivity index (χ0) is 16.4. The average molecular weight is 302 g/mol. The molecular formula is C19H30N2O. The van der Waals surface area contributed by atoms with Crippen molar-refractivity contribution in [3.63, 3.8) is 0 Å². The van der Waals surface area contributed by atoms with E-state index >= 15 is 0 Å². The van der Waals surface area contributed by atoms with Gasteiger partial charge >= 0.3 is 0 Å². The molecule has 1 fully saturated rings. The Bertz CT molecular complexity index is 518. The standard InChI is InChI=1S/C19H30N2O/c1-18(2)11-15(12-19(3,4)13-18)21-17(22)10-9-14-7-5-6-8-16(14)20/h5-8,15H,9-13,20H2,1-4H3,(H,21,22). The summed E-state index contributed by atoms with van der Waals surface area (Å²) in [5.41, 5.74) is 8.35. The lowest BCUT2D eigenvalue weighted by molar-refractivity contribution is -0.122. The maximum Gasteiger partial charge on any atom is 0.220 e. The molecule has 0 saturated heterocycles. The molecule has 3 heteroatoms. The highest BCUT2D eigenvalue weighted by Crippen LogP contribution is 2.45. The van der Waals surface area contributed by atoms with E-state index in [9.17, 15) is 4.79 Å². The first-order valence-electron chi connectivity index (χ1n) is 8.30. The SMILES string of the molecule is CC1(C)CC(NC(=O)CCc2ccccc2N)CC(C)(C)C1. The summed E-state index contributed by atoms with van der Waals surface area (Å²) in [5, 5.41) is 3.24. The number of nitrogens with one attached hydrogen (secondary N) is 1. The van der Waals surface area contributed by atoms with Gasteiger partial charge in [0.2, 0.25) is 5.91 Å². The van der Waals surface area contributed by atoms with Crippen LogP contribution in [0.5, 0.6) is 0 Å². The molecule has 1 saturated carbocycles. The van der Waals surface area contributed by atoms with Gasteiger partial charge in [-0.1, -0.05) is 45.9 Å². The van der Waals surface area contributed by atoms with E-state index in [0.717, 1.165) is 24.1 Å². The van der Waals surface area contributed by atoms with Gasteiger partial charge in [0.1, 0.15) is 0 Å². The summed E-state index contributed by atoms with van der Waals surface area (Å²) >= 11 is 0. The number of nitrogen functional groups attached to an aromatic ring is 1. The Labute approximate surface area is 134 Å². The monoisotopic (exact) mass is 302 g/mol. The van der Waals surface area contributed by atoms with Gasteiger partial charge < -0.3 is 11.1 Å². The van der Waals surface area contributed by atoms with Crippen molar-refractivity contribution in [2.75, 3.05) is 5.73 Å². The summed E-state index contributed by atoms with van der Waals surface area (Å²) in [6, 6.07) is 8.06. The van der Waals surface area contributed by atoms with Crippen molar-refractivity contribution in [3.05, 3.63) is 29.8 Å². The fraction of sp³-hybridized carbons (Fsp3) is 0.632. The maximum absolute atomic E-state index is 12.3. The van der Waals surface area contributed by atoms with Crippen LogP contribution in [0.25, 0.3) is 0 Å². The highest BCUT2D eigenvalue weighted by atomic mass is 16.1. The van der Waals surface area contributed by atoms with Gasteiger partial charge in [0, 0.05) is 18.2 Å². The molecule has 1 aliphatic rings. The van der Waals surface area contributed by atoms with E-state index in [2.05, 4.69) is 33.0 Å². The van der Waals surface area contributed by atoms with Crippen molar-refractivity contribution in [3.8, 4) is 0 Å². The molecule has 0 radical (unpaired) electrons.